The summed E-state index contributed by atoms with van der Waals surface area (Å²) in [6.07, 6.45) is 0.694. The van der Waals surface area contributed by atoms with Gasteiger partial charge in [-0.1, -0.05) is 19.1 Å². The maximum atomic E-state index is 11.5. The summed E-state index contributed by atoms with van der Waals surface area (Å²) in [4.78, 5) is 44.5. The topological polar surface area (TPSA) is 137 Å². The molecule has 1 aromatic rings. The molecule has 10 nitrogen and oxygen atoms in total. The Bertz CT molecular complexity index is 648. The standard InChI is InChI=1S/C15H19N3O7/c1-3-10(2)16-15(21)17-13(19)8-25-14(20)9-24-12-7-5-4-6-11(12)18(22)23/h4-7,10H,3,8-9H2,1-2H3,(H2,16,17,19,21)/t10-/m0/s1. The van der Waals surface area contributed by atoms with Crippen molar-refractivity contribution in [1.29, 1.82) is 0 Å². The molecule has 0 aliphatic heterocycles. The fraction of sp³-hybridized carbons (Fsp3) is 0.400. The summed E-state index contributed by atoms with van der Waals surface area (Å²) in [6.45, 7) is 2.35. The van der Waals surface area contributed by atoms with Crippen LogP contribution in [0.3, 0.4) is 0 Å². The van der Waals surface area contributed by atoms with E-state index in [4.69, 9.17) is 4.74 Å². The minimum atomic E-state index is -0.907. The number of carbonyl (C=O) groups is 3. The lowest BCUT2D eigenvalue weighted by Crippen LogP contribution is -2.44. The van der Waals surface area contributed by atoms with E-state index in [2.05, 4.69) is 10.1 Å². The van der Waals surface area contributed by atoms with Crippen LogP contribution in [0.2, 0.25) is 0 Å². The zero-order valence-electron chi connectivity index (χ0n) is 13.8. The molecule has 0 saturated carbocycles. The number of nitrogens with zero attached hydrogens (tertiary/aromatic N) is 1. The molecule has 0 aliphatic carbocycles. The predicted molar refractivity (Wildman–Crippen MR) is 86.0 cm³/mol. The third-order valence-electron chi connectivity index (χ3n) is 3.01. The number of hydrogen-bond donors (Lipinski definition) is 2. The van der Waals surface area contributed by atoms with Crippen LogP contribution >= 0.6 is 0 Å². The number of urea groups is 1. The molecular weight excluding hydrogens is 334 g/mol. The Balaban J connectivity index is 2.37. The molecule has 0 aromatic heterocycles. The molecule has 3 amide bonds. The lowest BCUT2D eigenvalue weighted by Gasteiger charge is -2.12. The highest BCUT2D eigenvalue weighted by Gasteiger charge is 2.16. The smallest absolute Gasteiger partial charge is 0.344 e. The van der Waals surface area contributed by atoms with Crippen molar-refractivity contribution >= 4 is 23.6 Å². The Morgan fingerprint density at radius 2 is 1.92 bits per heavy atom. The van der Waals surface area contributed by atoms with Crippen molar-refractivity contribution in [2.24, 2.45) is 0 Å². The summed E-state index contributed by atoms with van der Waals surface area (Å²) < 4.78 is 9.65. The van der Waals surface area contributed by atoms with Gasteiger partial charge in [0.1, 0.15) is 0 Å². The third-order valence-corrected chi connectivity index (χ3v) is 3.01. The molecule has 10 heteroatoms. The summed E-state index contributed by atoms with van der Waals surface area (Å²) in [5.41, 5.74) is -0.297. The lowest BCUT2D eigenvalue weighted by molar-refractivity contribution is -0.385. The molecule has 2 N–H and O–H groups in total. The van der Waals surface area contributed by atoms with E-state index >= 15 is 0 Å². The Morgan fingerprint density at radius 1 is 1.24 bits per heavy atom. The summed E-state index contributed by atoms with van der Waals surface area (Å²) in [5.74, 6) is -1.81. The molecule has 0 spiro atoms. The highest BCUT2D eigenvalue weighted by Crippen LogP contribution is 2.25. The number of nitro benzene ring substituents is 1. The number of para-hydroxylation sites is 2. The highest BCUT2D eigenvalue weighted by molar-refractivity contribution is 5.95. The number of hydrogen-bond acceptors (Lipinski definition) is 7. The van der Waals surface area contributed by atoms with E-state index in [0.717, 1.165) is 0 Å². The van der Waals surface area contributed by atoms with E-state index < -0.39 is 36.0 Å². The van der Waals surface area contributed by atoms with E-state index in [9.17, 15) is 24.5 Å². The molecule has 0 fully saturated rings. The van der Waals surface area contributed by atoms with Crippen molar-refractivity contribution in [3.8, 4) is 5.75 Å². The van der Waals surface area contributed by atoms with Gasteiger partial charge in [0.2, 0.25) is 0 Å². The van der Waals surface area contributed by atoms with Gasteiger partial charge >= 0.3 is 17.7 Å². The molecule has 136 valence electrons. The Morgan fingerprint density at radius 3 is 2.56 bits per heavy atom. The maximum absolute atomic E-state index is 11.5. The molecular formula is C15H19N3O7. The van der Waals surface area contributed by atoms with Gasteiger partial charge in [0.15, 0.2) is 19.0 Å². The van der Waals surface area contributed by atoms with Crippen LogP contribution in [0, 0.1) is 10.1 Å². The molecule has 0 bridgehead atoms. The van der Waals surface area contributed by atoms with Gasteiger partial charge in [0.25, 0.3) is 5.91 Å². The van der Waals surface area contributed by atoms with E-state index in [1.54, 1.807) is 6.92 Å². The number of ether oxygens (including phenoxy) is 2. The van der Waals surface area contributed by atoms with Gasteiger partial charge < -0.3 is 14.8 Å². The first-order valence-corrected chi connectivity index (χ1v) is 7.45. The summed E-state index contributed by atoms with van der Waals surface area (Å²) in [7, 11) is 0. The van der Waals surface area contributed by atoms with Gasteiger partial charge in [-0.3, -0.25) is 20.2 Å². The number of nitro groups is 1. The van der Waals surface area contributed by atoms with Crippen LogP contribution < -0.4 is 15.4 Å². The van der Waals surface area contributed by atoms with Crippen LogP contribution in [0.1, 0.15) is 20.3 Å². The van der Waals surface area contributed by atoms with Crippen LogP contribution in [0.25, 0.3) is 0 Å². The van der Waals surface area contributed by atoms with Crippen LogP contribution in [-0.4, -0.2) is 42.1 Å². The van der Waals surface area contributed by atoms with Crippen LogP contribution in [0.15, 0.2) is 24.3 Å². The maximum Gasteiger partial charge on any atom is 0.344 e. The SMILES string of the molecule is CC[C@H](C)NC(=O)NC(=O)COC(=O)COc1ccccc1[N+](=O)[O-]. The number of esters is 1. The number of benzene rings is 1. The first kappa shape index (κ1) is 19.9. The monoisotopic (exact) mass is 353 g/mol. The zero-order valence-corrected chi connectivity index (χ0v) is 13.8. The number of imide groups is 1. The van der Waals surface area contributed by atoms with Gasteiger partial charge in [0, 0.05) is 12.1 Å². The van der Waals surface area contributed by atoms with E-state index in [0.29, 0.717) is 6.42 Å². The van der Waals surface area contributed by atoms with Crippen LogP contribution in [0.5, 0.6) is 5.75 Å². The van der Waals surface area contributed by atoms with Crippen molar-refractivity contribution < 1.29 is 28.8 Å². The van der Waals surface area contributed by atoms with Crippen molar-refractivity contribution in [2.75, 3.05) is 13.2 Å². The summed E-state index contributed by atoms with van der Waals surface area (Å²) in [6, 6.07) is 4.73. The first-order valence-electron chi connectivity index (χ1n) is 7.45. The number of carbonyl (C=O) groups excluding carboxylic acids is 3. The van der Waals surface area contributed by atoms with Crippen LogP contribution in [0.4, 0.5) is 10.5 Å². The van der Waals surface area contributed by atoms with Crippen LogP contribution in [-0.2, 0) is 14.3 Å². The second-order valence-corrected chi connectivity index (χ2v) is 5.01. The summed E-state index contributed by atoms with van der Waals surface area (Å²) >= 11 is 0. The Hall–Kier alpha value is -3.17. The Kier molecular flexibility index (Phi) is 7.83. The summed E-state index contributed by atoms with van der Waals surface area (Å²) in [5, 5.41) is 15.3. The number of rotatable bonds is 8. The molecule has 1 aromatic carbocycles. The zero-order chi connectivity index (χ0) is 18.8. The molecule has 0 saturated heterocycles. The van der Waals surface area contributed by atoms with Crippen molar-refractivity contribution in [3.63, 3.8) is 0 Å². The third kappa shape index (κ3) is 7.29. The van der Waals surface area contributed by atoms with E-state index in [-0.39, 0.29) is 17.5 Å². The van der Waals surface area contributed by atoms with Gasteiger partial charge in [-0.05, 0) is 19.4 Å². The average molecular weight is 353 g/mol. The normalized spacial score (nSPS) is 11.1. The fourth-order valence-electron chi connectivity index (χ4n) is 1.58. The van der Waals surface area contributed by atoms with Crippen molar-refractivity contribution in [1.82, 2.24) is 10.6 Å². The average Bonchev–Trinajstić information content (AvgIpc) is 2.57. The molecule has 0 heterocycles. The number of nitrogens with one attached hydrogen (secondary N) is 2. The van der Waals surface area contributed by atoms with E-state index in [1.807, 2.05) is 12.2 Å². The Labute approximate surface area is 143 Å². The largest absolute Gasteiger partial charge is 0.475 e. The molecule has 1 rings (SSSR count). The van der Waals surface area contributed by atoms with Gasteiger partial charge in [-0.25, -0.2) is 9.59 Å². The second kappa shape index (κ2) is 9.85. The second-order valence-electron chi connectivity index (χ2n) is 5.01. The highest BCUT2D eigenvalue weighted by atomic mass is 16.6. The fourth-order valence-corrected chi connectivity index (χ4v) is 1.58. The minimum absolute atomic E-state index is 0.0955. The van der Waals surface area contributed by atoms with E-state index in [1.165, 1.54) is 24.3 Å². The van der Waals surface area contributed by atoms with Crippen molar-refractivity contribution in [3.05, 3.63) is 34.4 Å². The lowest BCUT2D eigenvalue weighted by atomic mass is 10.3. The molecule has 25 heavy (non-hydrogen) atoms. The van der Waals surface area contributed by atoms with Gasteiger partial charge in [-0.2, -0.15) is 0 Å². The molecule has 0 aliphatic rings. The van der Waals surface area contributed by atoms with Crippen molar-refractivity contribution in [2.45, 2.75) is 26.3 Å². The quantitative estimate of drug-likeness (QED) is 0.406. The molecule has 1 atom stereocenters. The molecule has 0 radical (unpaired) electrons. The number of amides is 3. The first-order chi connectivity index (χ1) is 11.8. The predicted octanol–water partition coefficient (Wildman–Crippen LogP) is 1.14. The van der Waals surface area contributed by atoms with Gasteiger partial charge in [-0.15, -0.1) is 0 Å². The molecule has 0 unspecified atom stereocenters. The van der Waals surface area contributed by atoms with Gasteiger partial charge in [0.05, 0.1) is 4.92 Å². The minimum Gasteiger partial charge on any atom is -0.475 e.